The molecule has 8 heteroatoms. The zero-order valence-corrected chi connectivity index (χ0v) is 12.1. The third-order valence-corrected chi connectivity index (χ3v) is 2.83. The second kappa shape index (κ2) is 7.21. The van der Waals surface area contributed by atoms with Gasteiger partial charge in [0.25, 0.3) is 11.6 Å². The Kier molecular flexibility index (Phi) is 5.08. The lowest BCUT2D eigenvalue weighted by atomic mass is 10.2. The van der Waals surface area contributed by atoms with Gasteiger partial charge in [0.05, 0.1) is 17.7 Å². The van der Waals surface area contributed by atoms with Gasteiger partial charge < -0.3 is 14.8 Å². The number of rotatable bonds is 6. The third kappa shape index (κ3) is 4.40. The van der Waals surface area contributed by atoms with Crippen molar-refractivity contribution in [2.24, 2.45) is 0 Å². The molecule has 0 fully saturated rings. The Morgan fingerprint density at radius 3 is 2.74 bits per heavy atom. The van der Waals surface area contributed by atoms with Crippen LogP contribution in [0, 0.1) is 15.9 Å². The molecule has 0 aliphatic carbocycles. The summed E-state index contributed by atoms with van der Waals surface area (Å²) in [4.78, 5) is 22.1. The van der Waals surface area contributed by atoms with E-state index in [0.717, 1.165) is 6.07 Å². The third-order valence-electron chi connectivity index (χ3n) is 2.83. The van der Waals surface area contributed by atoms with Crippen molar-refractivity contribution >= 4 is 17.3 Å². The van der Waals surface area contributed by atoms with Gasteiger partial charge in [0.15, 0.2) is 6.61 Å². The molecule has 0 spiro atoms. The lowest BCUT2D eigenvalue weighted by Gasteiger charge is -2.10. The van der Waals surface area contributed by atoms with Gasteiger partial charge in [-0.1, -0.05) is 6.07 Å². The molecule has 23 heavy (non-hydrogen) atoms. The van der Waals surface area contributed by atoms with Gasteiger partial charge in [-0.05, 0) is 18.2 Å². The molecule has 0 saturated heterocycles. The number of halogens is 1. The number of hydrogen-bond acceptors (Lipinski definition) is 5. The van der Waals surface area contributed by atoms with Crippen LogP contribution in [0.1, 0.15) is 0 Å². The number of hydrogen-bond donors (Lipinski definition) is 1. The van der Waals surface area contributed by atoms with Crippen LogP contribution in [-0.2, 0) is 4.79 Å². The molecule has 0 aliphatic heterocycles. The van der Waals surface area contributed by atoms with Crippen molar-refractivity contribution in [2.75, 3.05) is 19.0 Å². The maximum absolute atomic E-state index is 13.0. The van der Waals surface area contributed by atoms with Crippen LogP contribution in [-0.4, -0.2) is 24.5 Å². The van der Waals surface area contributed by atoms with Gasteiger partial charge in [-0.2, -0.15) is 0 Å². The molecular formula is C15H13FN2O5. The van der Waals surface area contributed by atoms with Crippen LogP contribution >= 0.6 is 0 Å². The van der Waals surface area contributed by atoms with E-state index in [1.54, 1.807) is 0 Å². The van der Waals surface area contributed by atoms with E-state index in [1.807, 2.05) is 0 Å². The minimum atomic E-state index is -0.585. The Bertz CT molecular complexity index is 736. The van der Waals surface area contributed by atoms with Crippen LogP contribution in [0.5, 0.6) is 11.5 Å². The monoisotopic (exact) mass is 320 g/mol. The molecule has 2 rings (SSSR count). The summed E-state index contributed by atoms with van der Waals surface area (Å²) in [5.41, 5.74) is -0.0401. The van der Waals surface area contributed by atoms with Crippen LogP contribution < -0.4 is 14.8 Å². The molecule has 0 heterocycles. The number of nitrogens with zero attached hydrogens (tertiary/aromatic N) is 1. The highest BCUT2D eigenvalue weighted by molar-refractivity contribution is 5.93. The zero-order valence-electron chi connectivity index (χ0n) is 12.1. The van der Waals surface area contributed by atoms with E-state index in [1.165, 1.54) is 43.5 Å². The number of carbonyl (C=O) groups excluding carboxylic acids is 1. The first-order valence-electron chi connectivity index (χ1n) is 6.50. The van der Waals surface area contributed by atoms with Crippen LogP contribution in [0.25, 0.3) is 0 Å². The lowest BCUT2D eigenvalue weighted by molar-refractivity contribution is -0.384. The summed E-state index contributed by atoms with van der Waals surface area (Å²) < 4.78 is 23.2. The van der Waals surface area contributed by atoms with Gasteiger partial charge in [-0.3, -0.25) is 14.9 Å². The topological polar surface area (TPSA) is 90.7 Å². The molecule has 120 valence electrons. The van der Waals surface area contributed by atoms with E-state index < -0.39 is 16.6 Å². The Morgan fingerprint density at radius 1 is 1.30 bits per heavy atom. The summed E-state index contributed by atoms with van der Waals surface area (Å²) in [6, 6.07) is 9.16. The molecule has 0 aliphatic rings. The number of nitro benzene ring substituents is 1. The normalized spacial score (nSPS) is 10.0. The fraction of sp³-hybridized carbons (Fsp3) is 0.133. The average molecular weight is 320 g/mol. The first-order chi connectivity index (χ1) is 11.0. The number of benzene rings is 2. The molecule has 0 aromatic heterocycles. The summed E-state index contributed by atoms with van der Waals surface area (Å²) in [7, 11) is 1.38. The van der Waals surface area contributed by atoms with Crippen molar-refractivity contribution in [3.05, 3.63) is 58.4 Å². The first kappa shape index (κ1) is 16.2. The SMILES string of the molecule is COc1ccc([N+](=O)[O-])cc1NC(=O)COc1cccc(F)c1. The van der Waals surface area contributed by atoms with Gasteiger partial charge in [-0.25, -0.2) is 4.39 Å². The average Bonchev–Trinajstić information content (AvgIpc) is 2.53. The highest BCUT2D eigenvalue weighted by atomic mass is 19.1. The molecule has 0 saturated carbocycles. The maximum Gasteiger partial charge on any atom is 0.271 e. The Morgan fingerprint density at radius 2 is 2.09 bits per heavy atom. The smallest absolute Gasteiger partial charge is 0.271 e. The molecule has 1 N–H and O–H groups in total. The molecule has 0 radical (unpaired) electrons. The number of ether oxygens (including phenoxy) is 2. The predicted octanol–water partition coefficient (Wildman–Crippen LogP) is 2.76. The summed E-state index contributed by atoms with van der Waals surface area (Å²) in [6.45, 7) is -0.380. The van der Waals surface area contributed by atoms with Gasteiger partial charge >= 0.3 is 0 Å². The Labute approximate surface area is 130 Å². The quantitative estimate of drug-likeness (QED) is 0.653. The molecule has 1 amide bonds. The van der Waals surface area contributed by atoms with Gasteiger partial charge in [0, 0.05) is 18.2 Å². The number of nitro groups is 1. The van der Waals surface area contributed by atoms with Crippen molar-refractivity contribution in [3.8, 4) is 11.5 Å². The van der Waals surface area contributed by atoms with Crippen LogP contribution in [0.3, 0.4) is 0 Å². The summed E-state index contributed by atoms with van der Waals surface area (Å²) in [5.74, 6) is -0.572. The summed E-state index contributed by atoms with van der Waals surface area (Å²) in [6.07, 6.45) is 0. The fourth-order valence-electron chi connectivity index (χ4n) is 1.80. The van der Waals surface area contributed by atoms with E-state index in [9.17, 15) is 19.3 Å². The lowest BCUT2D eigenvalue weighted by Crippen LogP contribution is -2.20. The second-order valence-corrected chi connectivity index (χ2v) is 4.44. The minimum Gasteiger partial charge on any atom is -0.495 e. The van der Waals surface area contributed by atoms with Crippen molar-refractivity contribution in [1.82, 2.24) is 0 Å². The number of methoxy groups -OCH3 is 1. The molecule has 2 aromatic carbocycles. The number of carbonyl (C=O) groups is 1. The van der Waals surface area contributed by atoms with Gasteiger partial charge in [-0.15, -0.1) is 0 Å². The van der Waals surface area contributed by atoms with Gasteiger partial charge in [0.2, 0.25) is 0 Å². The minimum absolute atomic E-state index is 0.148. The number of amides is 1. The number of nitrogens with one attached hydrogen (secondary N) is 1. The molecule has 0 atom stereocenters. The van der Waals surface area contributed by atoms with E-state index in [4.69, 9.17) is 9.47 Å². The second-order valence-electron chi connectivity index (χ2n) is 4.44. The number of anilines is 1. The van der Waals surface area contributed by atoms with Gasteiger partial charge in [0.1, 0.15) is 17.3 Å². The predicted molar refractivity (Wildman–Crippen MR) is 80.2 cm³/mol. The molecule has 7 nitrogen and oxygen atoms in total. The van der Waals surface area contributed by atoms with E-state index in [2.05, 4.69) is 5.32 Å². The van der Waals surface area contributed by atoms with Crippen molar-refractivity contribution in [1.29, 1.82) is 0 Å². The fourth-order valence-corrected chi connectivity index (χ4v) is 1.80. The van der Waals surface area contributed by atoms with Crippen LogP contribution in [0.2, 0.25) is 0 Å². The van der Waals surface area contributed by atoms with Crippen LogP contribution in [0.15, 0.2) is 42.5 Å². The van der Waals surface area contributed by atoms with E-state index >= 15 is 0 Å². The molecule has 0 bridgehead atoms. The summed E-state index contributed by atoms with van der Waals surface area (Å²) in [5, 5.41) is 13.2. The van der Waals surface area contributed by atoms with E-state index in [0.29, 0.717) is 0 Å². The molecule has 2 aromatic rings. The van der Waals surface area contributed by atoms with Crippen molar-refractivity contribution in [2.45, 2.75) is 0 Å². The zero-order chi connectivity index (χ0) is 16.8. The highest BCUT2D eigenvalue weighted by Crippen LogP contribution is 2.28. The molecule has 0 unspecified atom stereocenters. The number of non-ortho nitro benzene ring substituents is 1. The van der Waals surface area contributed by atoms with Crippen LogP contribution in [0.4, 0.5) is 15.8 Å². The maximum atomic E-state index is 13.0. The standard InChI is InChI=1S/C15H13FN2O5/c1-22-14-6-5-11(18(20)21)8-13(14)17-15(19)9-23-12-4-2-3-10(16)7-12/h2-8H,9H2,1H3,(H,17,19). The van der Waals surface area contributed by atoms with Crippen molar-refractivity contribution < 1.29 is 23.6 Å². The highest BCUT2D eigenvalue weighted by Gasteiger charge is 2.14. The van der Waals surface area contributed by atoms with Crippen molar-refractivity contribution in [3.63, 3.8) is 0 Å². The molecular weight excluding hydrogens is 307 g/mol. The summed E-state index contributed by atoms with van der Waals surface area (Å²) >= 11 is 0. The Hall–Kier alpha value is -3.16. The Balaban J connectivity index is 2.04. The first-order valence-corrected chi connectivity index (χ1v) is 6.50. The largest absolute Gasteiger partial charge is 0.495 e. The van der Waals surface area contributed by atoms with E-state index in [-0.39, 0.29) is 29.5 Å².